The van der Waals surface area contributed by atoms with Gasteiger partial charge in [-0.1, -0.05) is 43.6 Å². The largest absolute Gasteiger partial charge is 0.388 e. The van der Waals surface area contributed by atoms with E-state index in [9.17, 15) is 5.11 Å². The number of hydrogen-bond donors (Lipinski definition) is 1. The van der Waals surface area contributed by atoms with Crippen LogP contribution in [0.1, 0.15) is 44.8 Å². The SMILES string of the molecule is CC1(C)CC[C@H]([C@@H](O)c2ccccc2Cl)C1. The van der Waals surface area contributed by atoms with Gasteiger partial charge in [-0.2, -0.15) is 0 Å². The van der Waals surface area contributed by atoms with E-state index in [0.717, 1.165) is 18.4 Å². The van der Waals surface area contributed by atoms with E-state index in [1.807, 2.05) is 24.3 Å². The van der Waals surface area contributed by atoms with E-state index in [0.29, 0.717) is 16.4 Å². The smallest absolute Gasteiger partial charge is 0.0832 e. The third-order valence-corrected chi connectivity index (χ3v) is 4.02. The molecule has 1 N–H and O–H groups in total. The van der Waals surface area contributed by atoms with Gasteiger partial charge in [-0.05, 0) is 42.2 Å². The fourth-order valence-electron chi connectivity index (χ4n) is 2.73. The average Bonchev–Trinajstić information content (AvgIpc) is 2.59. The topological polar surface area (TPSA) is 20.2 Å². The summed E-state index contributed by atoms with van der Waals surface area (Å²) < 4.78 is 0. The molecule has 1 aromatic carbocycles. The summed E-state index contributed by atoms with van der Waals surface area (Å²) in [6.45, 7) is 4.54. The summed E-state index contributed by atoms with van der Waals surface area (Å²) in [5.41, 5.74) is 1.25. The average molecular weight is 239 g/mol. The summed E-state index contributed by atoms with van der Waals surface area (Å²) in [6, 6.07) is 7.61. The Bertz CT molecular complexity index is 373. The second-order valence-corrected chi connectivity index (χ2v) is 6.04. The lowest BCUT2D eigenvalue weighted by Crippen LogP contribution is -2.12. The molecule has 1 nitrogen and oxygen atoms in total. The Morgan fingerprint density at radius 3 is 2.62 bits per heavy atom. The van der Waals surface area contributed by atoms with E-state index in [1.54, 1.807) is 0 Å². The third kappa shape index (κ3) is 2.41. The highest BCUT2D eigenvalue weighted by Crippen LogP contribution is 2.46. The summed E-state index contributed by atoms with van der Waals surface area (Å²) >= 11 is 6.11. The van der Waals surface area contributed by atoms with Gasteiger partial charge in [0.25, 0.3) is 0 Å². The first-order chi connectivity index (χ1) is 7.49. The molecule has 0 aromatic heterocycles. The second-order valence-electron chi connectivity index (χ2n) is 5.63. The maximum Gasteiger partial charge on any atom is 0.0832 e. The quantitative estimate of drug-likeness (QED) is 0.819. The number of aliphatic hydroxyl groups is 1. The van der Waals surface area contributed by atoms with Crippen LogP contribution < -0.4 is 0 Å². The van der Waals surface area contributed by atoms with Crippen LogP contribution in [0.5, 0.6) is 0 Å². The minimum absolute atomic E-state index is 0.356. The van der Waals surface area contributed by atoms with Crippen LogP contribution in [0.15, 0.2) is 24.3 Å². The summed E-state index contributed by atoms with van der Waals surface area (Å²) in [5.74, 6) is 0.356. The molecule has 2 atom stereocenters. The molecule has 0 aliphatic heterocycles. The van der Waals surface area contributed by atoms with Crippen LogP contribution in [0.4, 0.5) is 0 Å². The molecule has 1 saturated carbocycles. The van der Waals surface area contributed by atoms with Gasteiger partial charge in [0.05, 0.1) is 6.10 Å². The van der Waals surface area contributed by atoms with Gasteiger partial charge in [0.1, 0.15) is 0 Å². The van der Waals surface area contributed by atoms with Crippen LogP contribution >= 0.6 is 11.6 Å². The lowest BCUT2D eigenvalue weighted by atomic mass is 9.87. The van der Waals surface area contributed by atoms with E-state index in [2.05, 4.69) is 13.8 Å². The van der Waals surface area contributed by atoms with Gasteiger partial charge in [-0.25, -0.2) is 0 Å². The number of halogens is 1. The second kappa shape index (κ2) is 4.38. The molecule has 88 valence electrons. The maximum absolute atomic E-state index is 10.3. The lowest BCUT2D eigenvalue weighted by molar-refractivity contribution is 0.105. The van der Waals surface area contributed by atoms with Gasteiger partial charge >= 0.3 is 0 Å². The Kier molecular flexibility index (Phi) is 3.27. The Morgan fingerprint density at radius 1 is 1.38 bits per heavy atom. The molecule has 1 aromatic rings. The van der Waals surface area contributed by atoms with Crippen LogP contribution in [-0.2, 0) is 0 Å². The van der Waals surface area contributed by atoms with E-state index in [1.165, 1.54) is 6.42 Å². The molecule has 0 amide bonds. The van der Waals surface area contributed by atoms with Crippen LogP contribution in [0.3, 0.4) is 0 Å². The van der Waals surface area contributed by atoms with Crippen molar-refractivity contribution in [2.24, 2.45) is 11.3 Å². The fraction of sp³-hybridized carbons (Fsp3) is 0.571. The van der Waals surface area contributed by atoms with E-state index >= 15 is 0 Å². The molecule has 2 heteroatoms. The van der Waals surface area contributed by atoms with Crippen LogP contribution in [-0.4, -0.2) is 5.11 Å². The Balaban J connectivity index is 2.15. The number of hydrogen-bond acceptors (Lipinski definition) is 1. The molecule has 0 unspecified atom stereocenters. The number of benzene rings is 1. The molecule has 2 rings (SSSR count). The zero-order valence-electron chi connectivity index (χ0n) is 9.91. The summed E-state index contributed by atoms with van der Waals surface area (Å²) in [4.78, 5) is 0. The first-order valence-corrected chi connectivity index (χ1v) is 6.30. The van der Waals surface area contributed by atoms with Gasteiger partial charge in [0, 0.05) is 5.02 Å². The van der Waals surface area contributed by atoms with Crippen molar-refractivity contribution in [2.45, 2.75) is 39.2 Å². The van der Waals surface area contributed by atoms with Gasteiger partial charge in [0.2, 0.25) is 0 Å². The lowest BCUT2D eigenvalue weighted by Gasteiger charge is -2.22. The Morgan fingerprint density at radius 2 is 2.06 bits per heavy atom. The monoisotopic (exact) mass is 238 g/mol. The Labute approximate surface area is 102 Å². The molecule has 1 fully saturated rings. The van der Waals surface area contributed by atoms with Crippen molar-refractivity contribution in [3.63, 3.8) is 0 Å². The number of aliphatic hydroxyl groups excluding tert-OH is 1. The van der Waals surface area contributed by atoms with Crippen LogP contribution in [0.2, 0.25) is 5.02 Å². The van der Waals surface area contributed by atoms with Gasteiger partial charge in [0.15, 0.2) is 0 Å². The van der Waals surface area contributed by atoms with Crippen LogP contribution in [0.25, 0.3) is 0 Å². The van der Waals surface area contributed by atoms with Crippen molar-refractivity contribution in [1.29, 1.82) is 0 Å². The highest BCUT2D eigenvalue weighted by atomic mass is 35.5. The summed E-state index contributed by atoms with van der Waals surface area (Å²) in [5, 5.41) is 11.0. The van der Waals surface area contributed by atoms with E-state index < -0.39 is 6.10 Å². The van der Waals surface area contributed by atoms with Crippen molar-refractivity contribution in [3.05, 3.63) is 34.9 Å². The maximum atomic E-state index is 10.3. The molecular formula is C14H19ClO. The zero-order valence-corrected chi connectivity index (χ0v) is 10.7. The van der Waals surface area contributed by atoms with Crippen molar-refractivity contribution >= 4 is 11.6 Å². The fourth-order valence-corrected chi connectivity index (χ4v) is 2.98. The predicted molar refractivity (Wildman–Crippen MR) is 67.5 cm³/mol. The van der Waals surface area contributed by atoms with Gasteiger partial charge < -0.3 is 5.11 Å². The minimum atomic E-state index is -0.407. The molecule has 0 radical (unpaired) electrons. The molecule has 0 bridgehead atoms. The van der Waals surface area contributed by atoms with Crippen molar-refractivity contribution in [3.8, 4) is 0 Å². The van der Waals surface area contributed by atoms with E-state index in [-0.39, 0.29) is 0 Å². The molecule has 0 spiro atoms. The highest BCUT2D eigenvalue weighted by molar-refractivity contribution is 6.31. The standard InChI is InChI=1S/C14H19ClO/c1-14(2)8-7-10(9-14)13(16)11-5-3-4-6-12(11)15/h3-6,10,13,16H,7-9H2,1-2H3/t10-,13+/m0/s1. The minimum Gasteiger partial charge on any atom is -0.388 e. The first kappa shape index (κ1) is 11.9. The Hall–Kier alpha value is -0.530. The third-order valence-electron chi connectivity index (χ3n) is 3.68. The van der Waals surface area contributed by atoms with Crippen LogP contribution in [0, 0.1) is 11.3 Å². The summed E-state index contributed by atoms with van der Waals surface area (Å²) in [6.07, 6.45) is 2.97. The van der Waals surface area contributed by atoms with Crippen molar-refractivity contribution < 1.29 is 5.11 Å². The summed E-state index contributed by atoms with van der Waals surface area (Å²) in [7, 11) is 0. The normalized spacial score (nSPS) is 25.6. The number of rotatable bonds is 2. The van der Waals surface area contributed by atoms with Crippen molar-refractivity contribution in [1.82, 2.24) is 0 Å². The molecular weight excluding hydrogens is 220 g/mol. The highest BCUT2D eigenvalue weighted by Gasteiger charge is 2.35. The zero-order chi connectivity index (χ0) is 11.8. The predicted octanol–water partition coefficient (Wildman–Crippen LogP) is 4.20. The molecule has 16 heavy (non-hydrogen) atoms. The molecule has 1 aliphatic carbocycles. The molecule has 0 saturated heterocycles. The molecule has 0 heterocycles. The van der Waals surface area contributed by atoms with E-state index in [4.69, 9.17) is 11.6 Å². The molecule has 1 aliphatic rings. The first-order valence-electron chi connectivity index (χ1n) is 5.92. The van der Waals surface area contributed by atoms with Gasteiger partial charge in [-0.3, -0.25) is 0 Å². The van der Waals surface area contributed by atoms with Gasteiger partial charge in [-0.15, -0.1) is 0 Å². The van der Waals surface area contributed by atoms with Crippen molar-refractivity contribution in [2.75, 3.05) is 0 Å².